The van der Waals surface area contributed by atoms with Gasteiger partial charge < -0.3 is 20.7 Å². The van der Waals surface area contributed by atoms with E-state index in [0.717, 1.165) is 19.3 Å². The Morgan fingerprint density at radius 3 is 2.57 bits per heavy atom. The lowest BCUT2D eigenvalue weighted by atomic mass is 10.1. The van der Waals surface area contributed by atoms with Crippen LogP contribution in [-0.4, -0.2) is 56.2 Å². The van der Waals surface area contributed by atoms with Gasteiger partial charge in [0.15, 0.2) is 15.5 Å². The summed E-state index contributed by atoms with van der Waals surface area (Å²) in [6.45, 7) is 1.89. The van der Waals surface area contributed by atoms with E-state index in [-0.39, 0.29) is 39.3 Å². The Bertz CT molecular complexity index is 1360. The maximum absolute atomic E-state index is 13.2. The monoisotopic (exact) mass is 515 g/mol. The Morgan fingerprint density at radius 2 is 1.91 bits per heavy atom. The van der Waals surface area contributed by atoms with E-state index in [2.05, 4.69) is 25.9 Å². The van der Waals surface area contributed by atoms with Gasteiger partial charge in [-0.15, -0.1) is 0 Å². The second kappa shape index (κ2) is 10.4. The van der Waals surface area contributed by atoms with Crippen LogP contribution >= 0.6 is 11.6 Å². The molecule has 12 heteroatoms. The third-order valence-corrected chi connectivity index (χ3v) is 6.54. The summed E-state index contributed by atoms with van der Waals surface area (Å²) >= 11 is 5.82. The number of rotatable bonds is 8. The molecule has 0 bridgehead atoms. The highest BCUT2D eigenvalue weighted by Crippen LogP contribution is 2.26. The van der Waals surface area contributed by atoms with Crippen molar-refractivity contribution in [1.29, 1.82) is 0 Å². The van der Waals surface area contributed by atoms with Crippen molar-refractivity contribution in [2.45, 2.75) is 4.90 Å². The van der Waals surface area contributed by atoms with Crippen LogP contribution < -0.4 is 20.7 Å². The van der Waals surface area contributed by atoms with Gasteiger partial charge in [0.25, 0.3) is 11.8 Å². The predicted molar refractivity (Wildman–Crippen MR) is 131 cm³/mol. The van der Waals surface area contributed by atoms with Gasteiger partial charge in [0.1, 0.15) is 11.6 Å². The minimum absolute atomic E-state index is 0.0339. The minimum Gasteiger partial charge on any atom is -0.492 e. The predicted octanol–water partition coefficient (Wildman–Crippen LogP) is 2.64. The SMILES string of the molecule is CS(=O)(=O)c1ccc(C(=O)Nc2cccnc2C(=O)Nc2ccc(Cl)cn2)c(OCC2CNC2)c1. The zero-order valence-corrected chi connectivity index (χ0v) is 20.2. The van der Waals surface area contributed by atoms with E-state index < -0.39 is 21.7 Å². The first-order valence-electron chi connectivity index (χ1n) is 10.6. The fourth-order valence-electron chi connectivity index (χ4n) is 3.22. The van der Waals surface area contributed by atoms with E-state index in [4.69, 9.17) is 16.3 Å². The average Bonchev–Trinajstić information content (AvgIpc) is 2.79. The molecule has 0 aliphatic carbocycles. The molecule has 1 saturated heterocycles. The number of carbonyl (C=O) groups is 2. The first-order chi connectivity index (χ1) is 16.7. The van der Waals surface area contributed by atoms with Gasteiger partial charge in [-0.1, -0.05) is 11.6 Å². The van der Waals surface area contributed by atoms with Crippen LogP contribution in [0.5, 0.6) is 5.75 Å². The van der Waals surface area contributed by atoms with Crippen molar-refractivity contribution in [1.82, 2.24) is 15.3 Å². The molecule has 0 atom stereocenters. The number of sulfone groups is 1. The second-order valence-electron chi connectivity index (χ2n) is 7.93. The standard InChI is InChI=1S/C23H22ClN5O5S/c1-35(32,33)16-5-6-17(19(9-16)34-13-14-10-25-11-14)22(30)28-18-3-2-8-26-21(18)23(31)29-20-7-4-15(24)12-27-20/h2-9,12,14,25H,10-11,13H2,1H3,(H,28,30)(H,27,29,31). The van der Waals surface area contributed by atoms with Gasteiger partial charge >= 0.3 is 0 Å². The first kappa shape index (κ1) is 24.6. The molecule has 1 aliphatic heterocycles. The summed E-state index contributed by atoms with van der Waals surface area (Å²) in [7, 11) is -3.51. The van der Waals surface area contributed by atoms with Crippen LogP contribution in [0.4, 0.5) is 11.5 Å². The zero-order valence-electron chi connectivity index (χ0n) is 18.6. The van der Waals surface area contributed by atoms with E-state index >= 15 is 0 Å². The fraction of sp³-hybridized carbons (Fsp3) is 0.217. The quantitative estimate of drug-likeness (QED) is 0.416. The number of pyridine rings is 2. The largest absolute Gasteiger partial charge is 0.492 e. The van der Waals surface area contributed by atoms with Gasteiger partial charge in [-0.25, -0.2) is 18.4 Å². The highest BCUT2D eigenvalue weighted by molar-refractivity contribution is 7.90. The fourth-order valence-corrected chi connectivity index (χ4v) is 3.96. The van der Waals surface area contributed by atoms with E-state index in [9.17, 15) is 18.0 Å². The topological polar surface area (TPSA) is 139 Å². The van der Waals surface area contributed by atoms with Crippen LogP contribution in [0, 0.1) is 5.92 Å². The summed E-state index contributed by atoms with van der Waals surface area (Å²) in [4.78, 5) is 34.1. The number of carbonyl (C=O) groups excluding carboxylic acids is 2. The van der Waals surface area contributed by atoms with Crippen molar-refractivity contribution >= 4 is 44.8 Å². The molecule has 182 valence electrons. The smallest absolute Gasteiger partial charge is 0.277 e. The maximum Gasteiger partial charge on any atom is 0.277 e. The molecule has 2 amide bonds. The van der Waals surface area contributed by atoms with E-state index in [1.807, 2.05) is 0 Å². The van der Waals surface area contributed by atoms with E-state index in [1.54, 1.807) is 12.1 Å². The molecule has 0 unspecified atom stereocenters. The van der Waals surface area contributed by atoms with Crippen molar-refractivity contribution in [2.24, 2.45) is 5.92 Å². The molecule has 1 aliphatic rings. The van der Waals surface area contributed by atoms with Gasteiger partial charge in [-0.3, -0.25) is 9.59 Å². The minimum atomic E-state index is -3.51. The van der Waals surface area contributed by atoms with Crippen LogP contribution in [0.1, 0.15) is 20.8 Å². The van der Waals surface area contributed by atoms with E-state index in [0.29, 0.717) is 11.6 Å². The molecular weight excluding hydrogens is 494 g/mol. The highest BCUT2D eigenvalue weighted by Gasteiger charge is 2.23. The van der Waals surface area contributed by atoms with Crippen molar-refractivity contribution in [3.63, 3.8) is 0 Å². The number of anilines is 2. The lowest BCUT2D eigenvalue weighted by Crippen LogP contribution is -2.45. The number of benzene rings is 1. The molecule has 1 fully saturated rings. The van der Waals surface area contributed by atoms with Crippen LogP contribution in [0.15, 0.2) is 59.8 Å². The van der Waals surface area contributed by atoms with Crippen LogP contribution in [0.25, 0.3) is 0 Å². The second-order valence-corrected chi connectivity index (χ2v) is 10.4. The number of hydrogen-bond donors (Lipinski definition) is 3. The Balaban J connectivity index is 1.57. The molecule has 10 nitrogen and oxygen atoms in total. The van der Waals surface area contributed by atoms with Gasteiger partial charge in [0.2, 0.25) is 0 Å². The normalized spacial score (nSPS) is 13.5. The van der Waals surface area contributed by atoms with Crippen LogP contribution in [0.2, 0.25) is 5.02 Å². The number of ether oxygens (including phenoxy) is 1. The average molecular weight is 516 g/mol. The Kier molecular flexibility index (Phi) is 7.29. The lowest BCUT2D eigenvalue weighted by molar-refractivity contribution is 0.102. The number of hydrogen-bond acceptors (Lipinski definition) is 8. The molecule has 4 rings (SSSR count). The molecule has 1 aromatic carbocycles. The number of halogens is 1. The Hall–Kier alpha value is -3.54. The third-order valence-electron chi connectivity index (χ3n) is 5.21. The number of nitrogens with one attached hydrogen (secondary N) is 3. The summed E-state index contributed by atoms with van der Waals surface area (Å²) in [6.07, 6.45) is 3.89. The van der Waals surface area contributed by atoms with Crippen molar-refractivity contribution in [3.05, 3.63) is 71.1 Å². The highest BCUT2D eigenvalue weighted by atomic mass is 35.5. The maximum atomic E-state index is 13.2. The van der Waals surface area contributed by atoms with Crippen molar-refractivity contribution in [2.75, 3.05) is 36.6 Å². The molecule has 2 aromatic heterocycles. The molecule has 3 aromatic rings. The molecule has 0 spiro atoms. The summed E-state index contributed by atoms with van der Waals surface area (Å²) in [5.41, 5.74) is 0.248. The van der Waals surface area contributed by atoms with E-state index in [1.165, 1.54) is 42.7 Å². The molecule has 0 saturated carbocycles. The summed E-state index contributed by atoms with van der Waals surface area (Å²) in [6, 6.07) is 10.3. The van der Waals surface area contributed by atoms with Gasteiger partial charge in [0.05, 0.1) is 27.8 Å². The van der Waals surface area contributed by atoms with Crippen LogP contribution in [0.3, 0.4) is 0 Å². The van der Waals surface area contributed by atoms with Gasteiger partial charge in [0, 0.05) is 37.7 Å². The Labute approximate surface area is 207 Å². The summed E-state index contributed by atoms with van der Waals surface area (Å²) in [5, 5.41) is 8.82. The number of nitrogens with zero attached hydrogens (tertiary/aromatic N) is 2. The lowest BCUT2D eigenvalue weighted by Gasteiger charge is -2.27. The number of aromatic nitrogens is 2. The van der Waals surface area contributed by atoms with Crippen molar-refractivity contribution in [3.8, 4) is 5.75 Å². The number of amides is 2. The van der Waals surface area contributed by atoms with Crippen LogP contribution in [-0.2, 0) is 9.84 Å². The molecular formula is C23H22ClN5O5S. The van der Waals surface area contributed by atoms with Gasteiger partial charge in [-0.05, 0) is 42.5 Å². The Morgan fingerprint density at radius 1 is 1.11 bits per heavy atom. The molecule has 0 radical (unpaired) electrons. The van der Waals surface area contributed by atoms with Gasteiger partial charge in [-0.2, -0.15) is 0 Å². The zero-order chi connectivity index (χ0) is 25.0. The summed E-state index contributed by atoms with van der Waals surface area (Å²) in [5.74, 6) is -0.504. The summed E-state index contributed by atoms with van der Waals surface area (Å²) < 4.78 is 29.9. The third kappa shape index (κ3) is 6.13. The molecule has 3 N–H and O–H groups in total. The molecule has 3 heterocycles. The molecule has 35 heavy (non-hydrogen) atoms. The van der Waals surface area contributed by atoms with Crippen molar-refractivity contribution < 1.29 is 22.7 Å². The first-order valence-corrected chi connectivity index (χ1v) is 12.8.